The van der Waals surface area contributed by atoms with Gasteiger partial charge in [0, 0.05) is 17.5 Å². The Kier molecular flexibility index (Phi) is 4.20. The normalized spacial score (nSPS) is 18.5. The van der Waals surface area contributed by atoms with Crippen molar-refractivity contribution >= 4 is 23.3 Å². The minimum Gasteiger partial charge on any atom is -0.331 e. The third kappa shape index (κ3) is 3.24. The van der Waals surface area contributed by atoms with E-state index in [1.54, 1.807) is 17.4 Å². The van der Waals surface area contributed by atoms with Crippen molar-refractivity contribution in [3.8, 4) is 0 Å². The SMILES string of the molecule is Cc1ccc(/C=C/C(=O)N2CCCC2c2cccs2)cc1. The first-order valence-electron chi connectivity index (χ1n) is 7.33. The predicted octanol–water partition coefficient (Wildman–Crippen LogP) is 4.43. The molecule has 1 amide bonds. The quantitative estimate of drug-likeness (QED) is 0.767. The molecule has 0 aliphatic carbocycles. The van der Waals surface area contributed by atoms with Crippen molar-refractivity contribution in [2.45, 2.75) is 25.8 Å². The van der Waals surface area contributed by atoms with Crippen LogP contribution in [0.4, 0.5) is 0 Å². The zero-order chi connectivity index (χ0) is 14.7. The van der Waals surface area contributed by atoms with Crippen LogP contribution in [0.3, 0.4) is 0 Å². The lowest BCUT2D eigenvalue weighted by Crippen LogP contribution is -2.28. The van der Waals surface area contributed by atoms with E-state index in [4.69, 9.17) is 0 Å². The van der Waals surface area contributed by atoms with E-state index < -0.39 is 0 Å². The first kappa shape index (κ1) is 14.1. The first-order valence-corrected chi connectivity index (χ1v) is 8.21. The number of nitrogens with zero attached hydrogens (tertiary/aromatic N) is 1. The molecule has 1 aromatic carbocycles. The molecule has 2 aromatic rings. The second-order valence-electron chi connectivity index (χ2n) is 5.45. The van der Waals surface area contributed by atoms with Gasteiger partial charge in [0.2, 0.25) is 5.91 Å². The van der Waals surface area contributed by atoms with Crippen LogP contribution in [0.25, 0.3) is 6.08 Å². The maximum Gasteiger partial charge on any atom is 0.247 e. The molecule has 1 unspecified atom stereocenters. The van der Waals surface area contributed by atoms with Crippen LogP contribution in [-0.4, -0.2) is 17.4 Å². The van der Waals surface area contributed by atoms with E-state index in [1.807, 2.05) is 23.1 Å². The molecule has 0 radical (unpaired) electrons. The summed E-state index contributed by atoms with van der Waals surface area (Å²) in [7, 11) is 0. The second-order valence-corrected chi connectivity index (χ2v) is 6.43. The number of thiophene rings is 1. The maximum absolute atomic E-state index is 12.4. The van der Waals surface area contributed by atoms with Crippen LogP contribution in [0.1, 0.15) is 34.9 Å². The Hall–Kier alpha value is -1.87. The summed E-state index contributed by atoms with van der Waals surface area (Å²) >= 11 is 1.74. The van der Waals surface area contributed by atoms with Crippen molar-refractivity contribution < 1.29 is 4.79 Å². The fourth-order valence-corrected chi connectivity index (χ4v) is 3.62. The van der Waals surface area contributed by atoms with Crippen molar-refractivity contribution in [1.82, 2.24) is 4.90 Å². The molecule has 2 heterocycles. The molecule has 21 heavy (non-hydrogen) atoms. The molecule has 0 N–H and O–H groups in total. The Morgan fingerprint density at radius 3 is 2.81 bits per heavy atom. The summed E-state index contributed by atoms with van der Waals surface area (Å²) < 4.78 is 0. The van der Waals surface area contributed by atoms with Gasteiger partial charge in [-0.3, -0.25) is 4.79 Å². The van der Waals surface area contributed by atoms with Gasteiger partial charge in [0.05, 0.1) is 6.04 Å². The van der Waals surface area contributed by atoms with E-state index in [9.17, 15) is 4.79 Å². The Morgan fingerprint density at radius 1 is 1.29 bits per heavy atom. The van der Waals surface area contributed by atoms with Crippen LogP contribution in [0.5, 0.6) is 0 Å². The molecule has 3 rings (SSSR count). The molecule has 0 bridgehead atoms. The van der Waals surface area contributed by atoms with Gasteiger partial charge in [-0.1, -0.05) is 35.9 Å². The zero-order valence-electron chi connectivity index (χ0n) is 12.2. The minimum atomic E-state index is 0.117. The number of carbonyl (C=O) groups excluding carboxylic acids is 1. The van der Waals surface area contributed by atoms with E-state index in [2.05, 4.69) is 36.6 Å². The number of likely N-dealkylation sites (tertiary alicyclic amines) is 1. The fraction of sp³-hybridized carbons (Fsp3) is 0.278. The largest absolute Gasteiger partial charge is 0.331 e. The van der Waals surface area contributed by atoms with Gasteiger partial charge in [-0.05, 0) is 42.9 Å². The third-order valence-electron chi connectivity index (χ3n) is 3.90. The molecule has 1 aliphatic heterocycles. The molecule has 1 aliphatic rings. The predicted molar refractivity (Wildman–Crippen MR) is 88.2 cm³/mol. The van der Waals surface area contributed by atoms with E-state index in [1.165, 1.54) is 10.4 Å². The summed E-state index contributed by atoms with van der Waals surface area (Å²) in [5.74, 6) is 0.117. The van der Waals surface area contributed by atoms with E-state index in [0.717, 1.165) is 24.9 Å². The lowest BCUT2D eigenvalue weighted by Gasteiger charge is -2.22. The standard InChI is InChI=1S/C18H19NOS/c1-14-6-8-15(9-7-14)10-11-18(20)19-12-2-4-16(19)17-5-3-13-21-17/h3,5-11,13,16H,2,4,12H2,1H3/b11-10+. The number of aryl methyl sites for hydroxylation is 1. The molecular formula is C18H19NOS. The highest BCUT2D eigenvalue weighted by Gasteiger charge is 2.29. The number of hydrogen-bond donors (Lipinski definition) is 0. The van der Waals surface area contributed by atoms with E-state index in [-0.39, 0.29) is 11.9 Å². The van der Waals surface area contributed by atoms with Gasteiger partial charge in [0.15, 0.2) is 0 Å². The third-order valence-corrected chi connectivity index (χ3v) is 4.88. The van der Waals surface area contributed by atoms with Crippen molar-refractivity contribution in [3.05, 3.63) is 63.9 Å². The molecule has 1 saturated heterocycles. The first-order chi connectivity index (χ1) is 10.2. The van der Waals surface area contributed by atoms with Crippen molar-refractivity contribution in [2.75, 3.05) is 6.54 Å². The lowest BCUT2D eigenvalue weighted by molar-refractivity contribution is -0.126. The molecule has 1 fully saturated rings. The Balaban J connectivity index is 1.71. The number of carbonyl (C=O) groups is 1. The monoisotopic (exact) mass is 297 g/mol. The van der Waals surface area contributed by atoms with Crippen LogP contribution in [0.15, 0.2) is 47.9 Å². The Bertz CT molecular complexity index is 628. The van der Waals surface area contributed by atoms with Crippen LogP contribution in [0, 0.1) is 6.92 Å². The van der Waals surface area contributed by atoms with Gasteiger partial charge < -0.3 is 4.90 Å². The van der Waals surface area contributed by atoms with E-state index in [0.29, 0.717) is 0 Å². The second kappa shape index (κ2) is 6.27. The molecule has 1 atom stereocenters. The summed E-state index contributed by atoms with van der Waals surface area (Å²) in [4.78, 5) is 15.7. The highest BCUT2D eigenvalue weighted by Crippen LogP contribution is 2.34. The highest BCUT2D eigenvalue weighted by atomic mass is 32.1. The van der Waals surface area contributed by atoms with Gasteiger partial charge in [-0.15, -0.1) is 11.3 Å². The molecule has 0 spiro atoms. The van der Waals surface area contributed by atoms with E-state index >= 15 is 0 Å². The molecule has 1 aromatic heterocycles. The van der Waals surface area contributed by atoms with Crippen LogP contribution < -0.4 is 0 Å². The summed E-state index contributed by atoms with van der Waals surface area (Å²) in [6, 6.07) is 12.7. The Labute approximate surface area is 129 Å². The van der Waals surface area contributed by atoms with Gasteiger partial charge in [0.25, 0.3) is 0 Å². The zero-order valence-corrected chi connectivity index (χ0v) is 13.0. The topological polar surface area (TPSA) is 20.3 Å². The highest BCUT2D eigenvalue weighted by molar-refractivity contribution is 7.10. The molecule has 0 saturated carbocycles. The van der Waals surface area contributed by atoms with Crippen molar-refractivity contribution in [1.29, 1.82) is 0 Å². The fourth-order valence-electron chi connectivity index (χ4n) is 2.75. The number of benzene rings is 1. The van der Waals surface area contributed by atoms with Gasteiger partial charge in [0.1, 0.15) is 0 Å². The van der Waals surface area contributed by atoms with Crippen LogP contribution in [0.2, 0.25) is 0 Å². The number of rotatable bonds is 3. The smallest absolute Gasteiger partial charge is 0.247 e. The molecular weight excluding hydrogens is 278 g/mol. The maximum atomic E-state index is 12.4. The van der Waals surface area contributed by atoms with Gasteiger partial charge in [-0.2, -0.15) is 0 Å². The minimum absolute atomic E-state index is 0.117. The molecule has 108 valence electrons. The van der Waals surface area contributed by atoms with Gasteiger partial charge in [-0.25, -0.2) is 0 Å². The van der Waals surface area contributed by atoms with Crippen LogP contribution >= 0.6 is 11.3 Å². The lowest BCUT2D eigenvalue weighted by atomic mass is 10.1. The number of hydrogen-bond acceptors (Lipinski definition) is 2. The number of amides is 1. The van der Waals surface area contributed by atoms with Crippen LogP contribution in [-0.2, 0) is 4.79 Å². The summed E-state index contributed by atoms with van der Waals surface area (Å²) in [6.45, 7) is 2.92. The summed E-state index contributed by atoms with van der Waals surface area (Å²) in [5, 5.41) is 2.08. The molecule has 2 nitrogen and oxygen atoms in total. The molecule has 3 heteroatoms. The van der Waals surface area contributed by atoms with Gasteiger partial charge >= 0.3 is 0 Å². The average Bonchev–Trinajstić information content (AvgIpc) is 3.16. The Morgan fingerprint density at radius 2 is 2.10 bits per heavy atom. The average molecular weight is 297 g/mol. The summed E-state index contributed by atoms with van der Waals surface area (Å²) in [5.41, 5.74) is 2.30. The van der Waals surface area contributed by atoms with Crippen molar-refractivity contribution in [3.63, 3.8) is 0 Å². The van der Waals surface area contributed by atoms with Crippen molar-refractivity contribution in [2.24, 2.45) is 0 Å². The summed E-state index contributed by atoms with van der Waals surface area (Å²) in [6.07, 6.45) is 5.78.